The van der Waals surface area contributed by atoms with Crippen LogP contribution in [0.3, 0.4) is 0 Å². The van der Waals surface area contributed by atoms with Crippen LogP contribution in [0, 0.1) is 6.92 Å². The Labute approximate surface area is 226 Å². The summed E-state index contributed by atoms with van der Waals surface area (Å²) >= 11 is 6.25. The molecule has 202 valence electrons. The Bertz CT molecular complexity index is 1520. The minimum atomic E-state index is -4.57. The lowest BCUT2D eigenvalue weighted by Gasteiger charge is -2.19. The van der Waals surface area contributed by atoms with Crippen molar-refractivity contribution in [3.05, 3.63) is 88.1 Å². The van der Waals surface area contributed by atoms with Gasteiger partial charge in [0.05, 0.1) is 25.5 Å². The highest BCUT2D eigenvalue weighted by molar-refractivity contribution is 6.53. The van der Waals surface area contributed by atoms with E-state index in [9.17, 15) is 27.6 Å². The predicted molar refractivity (Wildman–Crippen MR) is 139 cm³/mol. The summed E-state index contributed by atoms with van der Waals surface area (Å²) in [7, 11) is 2.83. The number of carbonyl (C=O) groups is 3. The number of benzene rings is 3. The van der Waals surface area contributed by atoms with Crippen molar-refractivity contribution in [2.75, 3.05) is 29.8 Å². The Morgan fingerprint density at radius 3 is 2.36 bits per heavy atom. The number of nitrogens with one attached hydrogen (secondary N) is 2. The van der Waals surface area contributed by atoms with E-state index in [1.165, 1.54) is 50.6 Å². The maximum Gasteiger partial charge on any atom is 0.416 e. The summed E-state index contributed by atoms with van der Waals surface area (Å²) in [4.78, 5) is 39.9. The number of imide groups is 1. The van der Waals surface area contributed by atoms with Gasteiger partial charge in [-0.05, 0) is 55.0 Å². The minimum Gasteiger partial charge on any atom is -0.497 e. The highest BCUT2D eigenvalue weighted by Gasteiger charge is 2.40. The molecule has 0 spiro atoms. The van der Waals surface area contributed by atoms with Crippen molar-refractivity contribution in [2.45, 2.75) is 13.1 Å². The van der Waals surface area contributed by atoms with Crippen molar-refractivity contribution in [3.63, 3.8) is 0 Å². The summed E-state index contributed by atoms with van der Waals surface area (Å²) in [6.07, 6.45) is -4.57. The second kappa shape index (κ2) is 10.7. The van der Waals surface area contributed by atoms with Crippen LogP contribution < -0.4 is 25.0 Å². The molecule has 1 aliphatic rings. The van der Waals surface area contributed by atoms with Crippen LogP contribution >= 0.6 is 11.6 Å². The van der Waals surface area contributed by atoms with Gasteiger partial charge >= 0.3 is 6.18 Å². The molecule has 0 atom stereocenters. The van der Waals surface area contributed by atoms with Crippen LogP contribution in [0.25, 0.3) is 0 Å². The van der Waals surface area contributed by atoms with E-state index in [1.807, 2.05) is 0 Å². The molecule has 3 aromatic rings. The standard InChI is InChI=1S/C27H21ClF3N3O5/c1-14-7-8-15(24(35)32-17-6-4-5-16(12-17)27(29,30)31)11-19(14)33-23-22(28)25(36)34(26(23)37)20-10-9-18(38-2)13-21(20)39-3/h4-13,33H,1-3H3,(H,32,35). The number of carbonyl (C=O) groups excluding carboxylic acids is 3. The van der Waals surface area contributed by atoms with E-state index in [1.54, 1.807) is 19.1 Å². The summed E-state index contributed by atoms with van der Waals surface area (Å²) in [5.41, 5.74) is -0.0605. The zero-order valence-electron chi connectivity index (χ0n) is 20.8. The van der Waals surface area contributed by atoms with Crippen molar-refractivity contribution in [2.24, 2.45) is 0 Å². The van der Waals surface area contributed by atoms with Gasteiger partial charge in [-0.25, -0.2) is 4.90 Å². The number of hydrogen-bond donors (Lipinski definition) is 2. The van der Waals surface area contributed by atoms with Gasteiger partial charge in [0.25, 0.3) is 17.7 Å². The molecular weight excluding hydrogens is 539 g/mol. The van der Waals surface area contributed by atoms with Gasteiger partial charge in [0, 0.05) is 23.0 Å². The number of aryl methyl sites for hydroxylation is 1. The smallest absolute Gasteiger partial charge is 0.416 e. The molecule has 12 heteroatoms. The first-order valence-corrected chi connectivity index (χ1v) is 11.7. The van der Waals surface area contributed by atoms with Crippen molar-refractivity contribution >= 4 is 46.4 Å². The SMILES string of the molecule is COc1ccc(N2C(=O)C(Cl)=C(Nc3cc(C(=O)Nc4cccc(C(F)(F)F)c4)ccc3C)C2=O)c(OC)c1. The molecule has 0 aliphatic carbocycles. The van der Waals surface area contributed by atoms with Gasteiger partial charge < -0.3 is 20.1 Å². The third-order valence-corrected chi connectivity index (χ3v) is 6.21. The van der Waals surface area contributed by atoms with Crippen molar-refractivity contribution in [1.29, 1.82) is 0 Å². The van der Waals surface area contributed by atoms with Gasteiger partial charge in [0.15, 0.2) is 0 Å². The molecule has 8 nitrogen and oxygen atoms in total. The Morgan fingerprint density at radius 1 is 0.949 bits per heavy atom. The molecule has 0 saturated heterocycles. The molecule has 4 rings (SSSR count). The van der Waals surface area contributed by atoms with Crippen LogP contribution in [-0.2, 0) is 15.8 Å². The van der Waals surface area contributed by atoms with E-state index in [-0.39, 0.29) is 39.1 Å². The van der Waals surface area contributed by atoms with Crippen molar-refractivity contribution in [3.8, 4) is 11.5 Å². The topological polar surface area (TPSA) is 97.0 Å². The fourth-order valence-corrected chi connectivity index (χ4v) is 4.02. The first-order valence-electron chi connectivity index (χ1n) is 11.3. The molecule has 39 heavy (non-hydrogen) atoms. The van der Waals surface area contributed by atoms with E-state index in [0.717, 1.165) is 17.0 Å². The van der Waals surface area contributed by atoms with Gasteiger partial charge in [0.1, 0.15) is 22.2 Å². The van der Waals surface area contributed by atoms with Crippen LogP contribution in [0.1, 0.15) is 21.5 Å². The van der Waals surface area contributed by atoms with Crippen LogP contribution in [0.4, 0.5) is 30.2 Å². The fourth-order valence-electron chi connectivity index (χ4n) is 3.81. The molecule has 0 fully saturated rings. The number of anilines is 3. The van der Waals surface area contributed by atoms with Crippen LogP contribution in [0.5, 0.6) is 11.5 Å². The monoisotopic (exact) mass is 559 g/mol. The van der Waals surface area contributed by atoms with Gasteiger partial charge in [-0.15, -0.1) is 0 Å². The molecular formula is C27H21ClF3N3O5. The van der Waals surface area contributed by atoms with E-state index >= 15 is 0 Å². The average Bonchev–Trinajstić information content (AvgIpc) is 3.11. The summed E-state index contributed by atoms with van der Waals surface area (Å²) in [5.74, 6) is -1.58. The van der Waals surface area contributed by atoms with Gasteiger partial charge in [0.2, 0.25) is 0 Å². The summed E-state index contributed by atoms with van der Waals surface area (Å²) in [6, 6.07) is 13.2. The number of nitrogens with zero attached hydrogens (tertiary/aromatic N) is 1. The number of halogens is 4. The Kier molecular flexibility index (Phi) is 7.55. The number of amides is 3. The highest BCUT2D eigenvalue weighted by Crippen LogP contribution is 2.38. The second-order valence-corrected chi connectivity index (χ2v) is 8.74. The van der Waals surface area contributed by atoms with Gasteiger partial charge in [-0.3, -0.25) is 14.4 Å². The molecule has 0 bridgehead atoms. The van der Waals surface area contributed by atoms with E-state index in [0.29, 0.717) is 11.3 Å². The lowest BCUT2D eigenvalue weighted by Crippen LogP contribution is -2.32. The summed E-state index contributed by atoms with van der Waals surface area (Å²) in [5, 5.41) is 4.88. The predicted octanol–water partition coefficient (Wildman–Crippen LogP) is 5.72. The van der Waals surface area contributed by atoms with Crippen LogP contribution in [0.2, 0.25) is 0 Å². The van der Waals surface area contributed by atoms with Crippen molar-refractivity contribution in [1.82, 2.24) is 0 Å². The summed E-state index contributed by atoms with van der Waals surface area (Å²) in [6.45, 7) is 1.69. The van der Waals surface area contributed by atoms with Crippen LogP contribution in [-0.4, -0.2) is 31.9 Å². The number of hydrogen-bond acceptors (Lipinski definition) is 6. The Morgan fingerprint density at radius 2 is 1.69 bits per heavy atom. The minimum absolute atomic E-state index is 0.0451. The third-order valence-electron chi connectivity index (χ3n) is 5.86. The summed E-state index contributed by atoms with van der Waals surface area (Å²) < 4.78 is 49.5. The maximum absolute atomic E-state index is 13.3. The normalized spacial score (nSPS) is 13.6. The lowest BCUT2D eigenvalue weighted by molar-refractivity contribution is -0.137. The van der Waals surface area contributed by atoms with Gasteiger partial charge in [-0.1, -0.05) is 23.7 Å². The highest BCUT2D eigenvalue weighted by atomic mass is 35.5. The van der Waals surface area contributed by atoms with Crippen LogP contribution in [0.15, 0.2) is 71.4 Å². The quantitative estimate of drug-likeness (QED) is 0.360. The maximum atomic E-state index is 13.3. The van der Waals surface area contributed by atoms with Gasteiger partial charge in [-0.2, -0.15) is 13.2 Å². The molecule has 3 aromatic carbocycles. The molecule has 1 aliphatic heterocycles. The van der Waals surface area contributed by atoms with E-state index in [4.69, 9.17) is 21.1 Å². The number of methoxy groups -OCH3 is 2. The molecule has 0 saturated carbocycles. The first kappa shape index (κ1) is 27.5. The molecule has 0 radical (unpaired) electrons. The van der Waals surface area contributed by atoms with Crippen molar-refractivity contribution < 1.29 is 37.0 Å². The zero-order valence-corrected chi connectivity index (χ0v) is 21.5. The molecule has 2 N–H and O–H groups in total. The third kappa shape index (κ3) is 5.53. The number of alkyl halides is 3. The van der Waals surface area contributed by atoms with E-state index in [2.05, 4.69) is 10.6 Å². The molecule has 0 aromatic heterocycles. The molecule has 1 heterocycles. The first-order chi connectivity index (χ1) is 18.4. The van der Waals surface area contributed by atoms with E-state index < -0.39 is 29.5 Å². The average molecular weight is 560 g/mol. The fraction of sp³-hybridized carbons (Fsp3) is 0.148. The lowest BCUT2D eigenvalue weighted by atomic mass is 10.1. The molecule has 3 amide bonds. The Balaban J connectivity index is 1.59. The Hall–Kier alpha value is -4.51. The largest absolute Gasteiger partial charge is 0.497 e. The number of rotatable bonds is 7. The zero-order chi connectivity index (χ0) is 28.5. The second-order valence-electron chi connectivity index (χ2n) is 8.36. The molecule has 0 unspecified atom stereocenters. The number of ether oxygens (including phenoxy) is 2.